The number of para-hydroxylation sites is 1. The number of likely N-dealkylation sites (tertiary alicyclic amines) is 1. The smallest absolute Gasteiger partial charge is 0.246 e. The summed E-state index contributed by atoms with van der Waals surface area (Å²) in [6.07, 6.45) is 4.87. The van der Waals surface area contributed by atoms with Gasteiger partial charge in [-0.15, -0.1) is 0 Å². The van der Waals surface area contributed by atoms with Crippen molar-refractivity contribution in [1.82, 2.24) is 4.90 Å². The van der Waals surface area contributed by atoms with Crippen molar-refractivity contribution in [2.75, 3.05) is 25.0 Å². The first-order valence-electron chi connectivity index (χ1n) is 9.00. The van der Waals surface area contributed by atoms with Crippen molar-refractivity contribution in [3.63, 3.8) is 0 Å². The summed E-state index contributed by atoms with van der Waals surface area (Å²) in [5.74, 6) is 0.113. The van der Waals surface area contributed by atoms with Crippen molar-refractivity contribution in [3.05, 3.63) is 72.3 Å². The summed E-state index contributed by atoms with van der Waals surface area (Å²) >= 11 is 0. The van der Waals surface area contributed by atoms with Crippen LogP contribution in [0.5, 0.6) is 0 Å². The third kappa shape index (κ3) is 4.39. The maximum absolute atomic E-state index is 12.7. The van der Waals surface area contributed by atoms with Gasteiger partial charge in [0.2, 0.25) is 11.8 Å². The summed E-state index contributed by atoms with van der Waals surface area (Å²) in [7, 11) is 1.82. The fourth-order valence-corrected chi connectivity index (χ4v) is 3.24. The Labute approximate surface area is 154 Å². The molecule has 1 fully saturated rings. The van der Waals surface area contributed by atoms with E-state index in [0.717, 1.165) is 11.3 Å². The van der Waals surface area contributed by atoms with Gasteiger partial charge in [0.1, 0.15) is 0 Å². The van der Waals surface area contributed by atoms with Crippen LogP contribution < -0.4 is 4.90 Å². The van der Waals surface area contributed by atoms with E-state index in [1.165, 1.54) is 0 Å². The van der Waals surface area contributed by atoms with Crippen LogP contribution in [0.4, 0.5) is 5.69 Å². The third-order valence-corrected chi connectivity index (χ3v) is 4.85. The normalized spacial score (nSPS) is 15.2. The first-order chi connectivity index (χ1) is 12.6. The molecule has 1 aliphatic rings. The molecule has 0 unspecified atom stereocenters. The van der Waals surface area contributed by atoms with Crippen LogP contribution in [0.1, 0.15) is 18.4 Å². The van der Waals surface area contributed by atoms with E-state index in [2.05, 4.69) is 0 Å². The molecule has 0 spiro atoms. The molecule has 0 aliphatic carbocycles. The lowest BCUT2D eigenvalue weighted by molar-refractivity contribution is -0.130. The van der Waals surface area contributed by atoms with Gasteiger partial charge in [-0.2, -0.15) is 0 Å². The van der Waals surface area contributed by atoms with Crippen molar-refractivity contribution in [2.24, 2.45) is 5.92 Å². The fourth-order valence-electron chi connectivity index (χ4n) is 3.24. The summed E-state index contributed by atoms with van der Waals surface area (Å²) in [5, 5.41) is 0. The highest BCUT2D eigenvalue weighted by atomic mass is 16.2. The maximum atomic E-state index is 12.7. The predicted octanol–water partition coefficient (Wildman–Crippen LogP) is 3.60. The van der Waals surface area contributed by atoms with Gasteiger partial charge in [0, 0.05) is 37.8 Å². The number of carbonyl (C=O) groups is 2. The second-order valence-corrected chi connectivity index (χ2v) is 6.58. The van der Waals surface area contributed by atoms with Gasteiger partial charge in [0.05, 0.1) is 0 Å². The Morgan fingerprint density at radius 2 is 1.54 bits per heavy atom. The first kappa shape index (κ1) is 17.9. The molecular formula is C22H24N2O2. The van der Waals surface area contributed by atoms with Gasteiger partial charge in [-0.25, -0.2) is 0 Å². The minimum absolute atomic E-state index is 0.0103. The van der Waals surface area contributed by atoms with Gasteiger partial charge in [-0.1, -0.05) is 48.5 Å². The molecule has 1 saturated heterocycles. The Hall–Kier alpha value is -2.88. The highest BCUT2D eigenvalue weighted by molar-refractivity contribution is 5.95. The summed E-state index contributed by atoms with van der Waals surface area (Å²) in [6, 6.07) is 19.5. The number of anilines is 1. The average Bonchev–Trinajstić information content (AvgIpc) is 2.72. The van der Waals surface area contributed by atoms with Crippen LogP contribution >= 0.6 is 0 Å². The van der Waals surface area contributed by atoms with Crippen molar-refractivity contribution in [1.29, 1.82) is 0 Å². The van der Waals surface area contributed by atoms with Crippen molar-refractivity contribution >= 4 is 23.6 Å². The average molecular weight is 348 g/mol. The molecule has 1 aliphatic heterocycles. The summed E-state index contributed by atoms with van der Waals surface area (Å²) in [5.41, 5.74) is 1.91. The molecule has 134 valence electrons. The molecule has 0 radical (unpaired) electrons. The number of amides is 2. The molecule has 3 rings (SSSR count). The molecule has 4 nitrogen and oxygen atoms in total. The zero-order valence-electron chi connectivity index (χ0n) is 15.0. The van der Waals surface area contributed by atoms with E-state index in [-0.39, 0.29) is 17.7 Å². The lowest BCUT2D eigenvalue weighted by Gasteiger charge is -2.32. The molecule has 2 amide bonds. The van der Waals surface area contributed by atoms with Gasteiger partial charge in [-0.3, -0.25) is 9.59 Å². The molecular weight excluding hydrogens is 324 g/mol. The number of hydrogen-bond acceptors (Lipinski definition) is 2. The summed E-state index contributed by atoms with van der Waals surface area (Å²) < 4.78 is 0. The van der Waals surface area contributed by atoms with Gasteiger partial charge in [0.15, 0.2) is 0 Å². The monoisotopic (exact) mass is 348 g/mol. The minimum atomic E-state index is -0.0256. The number of piperidine rings is 1. The number of carbonyl (C=O) groups excluding carboxylic acids is 2. The van der Waals surface area contributed by atoms with Gasteiger partial charge >= 0.3 is 0 Å². The molecule has 0 bridgehead atoms. The predicted molar refractivity (Wildman–Crippen MR) is 105 cm³/mol. The Morgan fingerprint density at radius 3 is 2.15 bits per heavy atom. The van der Waals surface area contributed by atoms with E-state index < -0.39 is 0 Å². The topological polar surface area (TPSA) is 40.6 Å². The van der Waals surface area contributed by atoms with Gasteiger partial charge in [0.25, 0.3) is 0 Å². The Morgan fingerprint density at radius 1 is 0.962 bits per heavy atom. The molecule has 2 aromatic rings. The molecule has 26 heavy (non-hydrogen) atoms. The second-order valence-electron chi connectivity index (χ2n) is 6.58. The van der Waals surface area contributed by atoms with Crippen molar-refractivity contribution in [3.8, 4) is 0 Å². The van der Waals surface area contributed by atoms with E-state index >= 15 is 0 Å². The lowest BCUT2D eigenvalue weighted by Crippen LogP contribution is -2.43. The summed E-state index contributed by atoms with van der Waals surface area (Å²) in [4.78, 5) is 28.6. The van der Waals surface area contributed by atoms with Gasteiger partial charge < -0.3 is 9.80 Å². The molecule has 0 atom stereocenters. The fraction of sp³-hybridized carbons (Fsp3) is 0.273. The molecule has 4 heteroatoms. The zero-order chi connectivity index (χ0) is 18.4. The molecule has 1 heterocycles. The summed E-state index contributed by atoms with van der Waals surface area (Å²) in [6.45, 7) is 1.24. The van der Waals surface area contributed by atoms with E-state index in [9.17, 15) is 9.59 Å². The Bertz CT molecular complexity index is 763. The third-order valence-electron chi connectivity index (χ3n) is 4.85. The second kappa shape index (κ2) is 8.48. The van der Waals surface area contributed by atoms with Crippen molar-refractivity contribution in [2.45, 2.75) is 12.8 Å². The van der Waals surface area contributed by atoms with Crippen LogP contribution in [-0.4, -0.2) is 36.9 Å². The molecule has 0 N–H and O–H groups in total. The van der Waals surface area contributed by atoms with E-state index in [0.29, 0.717) is 25.9 Å². The van der Waals surface area contributed by atoms with E-state index in [1.807, 2.05) is 78.7 Å². The zero-order valence-corrected chi connectivity index (χ0v) is 15.0. The van der Waals surface area contributed by atoms with Crippen LogP contribution in [0, 0.1) is 5.92 Å². The largest absolute Gasteiger partial charge is 0.339 e. The number of benzene rings is 2. The van der Waals surface area contributed by atoms with Gasteiger partial charge in [-0.05, 0) is 36.6 Å². The van der Waals surface area contributed by atoms with Crippen LogP contribution in [0.2, 0.25) is 0 Å². The van der Waals surface area contributed by atoms with Crippen molar-refractivity contribution < 1.29 is 9.59 Å². The van der Waals surface area contributed by atoms with E-state index in [1.54, 1.807) is 11.0 Å². The van der Waals surface area contributed by atoms with Crippen LogP contribution in [-0.2, 0) is 9.59 Å². The SMILES string of the molecule is CN(C(=O)C1CCN(C(=O)/C=C\c2ccccc2)CC1)c1ccccc1. The molecule has 0 saturated carbocycles. The maximum Gasteiger partial charge on any atom is 0.246 e. The minimum Gasteiger partial charge on any atom is -0.339 e. The number of rotatable bonds is 4. The molecule has 0 aromatic heterocycles. The van der Waals surface area contributed by atoms with Crippen LogP contribution in [0.15, 0.2) is 66.7 Å². The Balaban J connectivity index is 1.53. The first-order valence-corrected chi connectivity index (χ1v) is 9.00. The highest BCUT2D eigenvalue weighted by Gasteiger charge is 2.28. The van der Waals surface area contributed by atoms with Crippen LogP contribution in [0.3, 0.4) is 0 Å². The number of hydrogen-bond donors (Lipinski definition) is 0. The highest BCUT2D eigenvalue weighted by Crippen LogP contribution is 2.22. The quantitative estimate of drug-likeness (QED) is 0.792. The van der Waals surface area contributed by atoms with Crippen LogP contribution in [0.25, 0.3) is 6.08 Å². The lowest BCUT2D eigenvalue weighted by atomic mass is 9.95. The number of nitrogens with zero attached hydrogens (tertiary/aromatic N) is 2. The standard InChI is InChI=1S/C22H24N2O2/c1-23(20-10-6-3-7-11-20)22(26)19-14-16-24(17-15-19)21(25)13-12-18-8-4-2-5-9-18/h2-13,19H,14-17H2,1H3/b13-12-. The Kier molecular flexibility index (Phi) is 5.84. The van der Waals surface area contributed by atoms with E-state index in [4.69, 9.17) is 0 Å². The molecule has 2 aromatic carbocycles.